The van der Waals surface area contributed by atoms with E-state index in [9.17, 15) is 18.0 Å². The molecule has 0 saturated carbocycles. The van der Waals surface area contributed by atoms with Crippen LogP contribution in [-0.2, 0) is 20.9 Å². The molecule has 0 aliphatic carbocycles. The second-order valence-electron chi connectivity index (χ2n) is 7.44. The van der Waals surface area contributed by atoms with Gasteiger partial charge in [-0.15, -0.1) is 11.3 Å². The third-order valence-corrected chi connectivity index (χ3v) is 6.18. The lowest BCUT2D eigenvalue weighted by molar-refractivity contribution is -0.192. The van der Waals surface area contributed by atoms with Crippen molar-refractivity contribution in [2.75, 3.05) is 24.6 Å². The lowest BCUT2D eigenvalue weighted by Gasteiger charge is -2.35. The molecule has 4 heterocycles. The average molecular weight is 472 g/mol. The molecular weight excluding hydrogens is 449 g/mol. The fourth-order valence-electron chi connectivity index (χ4n) is 3.79. The molecule has 0 unspecified atom stereocenters. The monoisotopic (exact) mass is 472 g/mol. The van der Waals surface area contributed by atoms with Gasteiger partial charge >= 0.3 is 12.1 Å². The summed E-state index contributed by atoms with van der Waals surface area (Å²) in [5.41, 5.74) is 0. The molecule has 174 valence electrons. The van der Waals surface area contributed by atoms with Crippen LogP contribution in [0.5, 0.6) is 0 Å². The van der Waals surface area contributed by atoms with Crippen LogP contribution in [0.3, 0.4) is 0 Å². The molecule has 4 rings (SSSR count). The van der Waals surface area contributed by atoms with Crippen molar-refractivity contribution < 1.29 is 32.6 Å². The van der Waals surface area contributed by atoms with Gasteiger partial charge in [-0.1, -0.05) is 6.07 Å². The molecule has 8 nitrogen and oxygen atoms in total. The van der Waals surface area contributed by atoms with Gasteiger partial charge in [0.2, 0.25) is 11.9 Å². The molecule has 2 aromatic rings. The van der Waals surface area contributed by atoms with Crippen LogP contribution in [0.1, 0.15) is 17.7 Å². The number of nitrogens with zero attached hydrogens (tertiary/aromatic N) is 3. The quantitative estimate of drug-likeness (QED) is 0.690. The average Bonchev–Trinajstić information content (AvgIpc) is 3.42. The van der Waals surface area contributed by atoms with E-state index >= 15 is 0 Å². The molecule has 2 aromatic heterocycles. The molecule has 2 aliphatic rings. The highest BCUT2D eigenvalue weighted by Gasteiger charge is 2.42. The summed E-state index contributed by atoms with van der Waals surface area (Å²) in [6.07, 6.45) is -0.0204. The molecule has 2 aliphatic heterocycles. The number of carbonyl (C=O) groups excluding carboxylic acids is 1. The summed E-state index contributed by atoms with van der Waals surface area (Å²) in [4.78, 5) is 33.2. The molecule has 2 saturated heterocycles. The standard InChI is InChI=1S/C18H22N4O2S.C2HF3O2/c23-17(21-10-14-3-1-8-25-14)9-16-15-4-7-22(11-13(15)12-24-16)18-19-5-2-6-20-18;3-2(4,5)1(6)7/h1-3,5-6,8,13,15-16H,4,7,9-12H2,(H,21,23);(H,6,7)/t13-,15-,16+;/m1./s1. The first-order valence-corrected chi connectivity index (χ1v) is 10.8. The Labute approximate surface area is 186 Å². The summed E-state index contributed by atoms with van der Waals surface area (Å²) in [6.45, 7) is 3.15. The van der Waals surface area contributed by atoms with Crippen LogP contribution in [0.25, 0.3) is 0 Å². The molecular formula is C20H23F3N4O4S. The molecule has 0 radical (unpaired) electrons. The van der Waals surface area contributed by atoms with E-state index in [0.29, 0.717) is 24.8 Å². The Kier molecular flexibility index (Phi) is 8.02. The second-order valence-corrected chi connectivity index (χ2v) is 8.47. The number of rotatable bonds is 5. The van der Waals surface area contributed by atoms with Crippen molar-refractivity contribution in [2.45, 2.75) is 31.7 Å². The Hall–Kier alpha value is -2.73. The largest absolute Gasteiger partial charge is 0.490 e. The first-order valence-electron chi connectivity index (χ1n) is 9.97. The van der Waals surface area contributed by atoms with Gasteiger partial charge in [-0.2, -0.15) is 13.2 Å². The topological polar surface area (TPSA) is 105 Å². The Balaban J connectivity index is 0.000000360. The van der Waals surface area contributed by atoms with E-state index in [0.717, 1.165) is 32.1 Å². The molecule has 2 N–H and O–H groups in total. The predicted molar refractivity (Wildman–Crippen MR) is 110 cm³/mol. The van der Waals surface area contributed by atoms with Gasteiger partial charge in [0.1, 0.15) is 0 Å². The number of thiophene rings is 1. The first kappa shape index (κ1) is 23.9. The number of carbonyl (C=O) groups is 2. The number of alkyl halides is 3. The molecule has 32 heavy (non-hydrogen) atoms. The number of hydrogen-bond donors (Lipinski definition) is 2. The summed E-state index contributed by atoms with van der Waals surface area (Å²) in [7, 11) is 0. The van der Waals surface area contributed by atoms with E-state index in [4.69, 9.17) is 14.6 Å². The summed E-state index contributed by atoms with van der Waals surface area (Å²) in [6, 6.07) is 5.87. The Morgan fingerprint density at radius 2 is 2.00 bits per heavy atom. The number of carboxylic acid groups (broad SMARTS) is 1. The van der Waals surface area contributed by atoms with Crippen molar-refractivity contribution in [3.63, 3.8) is 0 Å². The molecule has 1 amide bonds. The zero-order chi connectivity index (χ0) is 23.1. The Morgan fingerprint density at radius 1 is 1.28 bits per heavy atom. The van der Waals surface area contributed by atoms with Gasteiger partial charge in [0, 0.05) is 36.3 Å². The lowest BCUT2D eigenvalue weighted by Crippen LogP contribution is -2.43. The number of hydrogen-bond acceptors (Lipinski definition) is 7. The Bertz CT molecular complexity index is 883. The van der Waals surface area contributed by atoms with E-state index in [2.05, 4.69) is 20.2 Å². The zero-order valence-electron chi connectivity index (χ0n) is 17.0. The fourth-order valence-corrected chi connectivity index (χ4v) is 4.43. The van der Waals surface area contributed by atoms with Crippen LogP contribution in [0.15, 0.2) is 36.0 Å². The third kappa shape index (κ3) is 6.63. The van der Waals surface area contributed by atoms with Gasteiger partial charge < -0.3 is 20.1 Å². The molecule has 0 spiro atoms. The molecule has 2 fully saturated rings. The van der Waals surface area contributed by atoms with Crippen molar-refractivity contribution in [3.8, 4) is 0 Å². The number of ether oxygens (including phenoxy) is 1. The minimum Gasteiger partial charge on any atom is -0.475 e. The van der Waals surface area contributed by atoms with Gasteiger partial charge in [0.15, 0.2) is 0 Å². The van der Waals surface area contributed by atoms with Gasteiger partial charge in [0.25, 0.3) is 0 Å². The fraction of sp³-hybridized carbons (Fsp3) is 0.500. The predicted octanol–water partition coefficient (Wildman–Crippen LogP) is 2.72. The maximum Gasteiger partial charge on any atom is 0.490 e. The maximum absolute atomic E-state index is 12.2. The first-order chi connectivity index (χ1) is 15.2. The number of nitrogens with one attached hydrogen (secondary N) is 1. The van der Waals surface area contributed by atoms with Crippen molar-refractivity contribution in [1.82, 2.24) is 15.3 Å². The van der Waals surface area contributed by atoms with E-state index in [-0.39, 0.29) is 12.0 Å². The number of piperidine rings is 1. The minimum absolute atomic E-state index is 0.0344. The van der Waals surface area contributed by atoms with Crippen LogP contribution < -0.4 is 10.2 Å². The summed E-state index contributed by atoms with van der Waals surface area (Å²) in [5, 5.41) is 12.2. The van der Waals surface area contributed by atoms with Crippen LogP contribution in [0.4, 0.5) is 19.1 Å². The molecule has 12 heteroatoms. The highest BCUT2D eigenvalue weighted by Crippen LogP contribution is 2.36. The van der Waals surface area contributed by atoms with Crippen LogP contribution in [0, 0.1) is 11.8 Å². The normalized spacial score (nSPS) is 22.5. The molecule has 3 atom stereocenters. The number of amides is 1. The molecule has 0 aromatic carbocycles. The van der Waals surface area contributed by atoms with Crippen molar-refractivity contribution in [1.29, 1.82) is 0 Å². The van der Waals surface area contributed by atoms with Gasteiger partial charge in [0.05, 0.1) is 25.7 Å². The molecule has 0 bridgehead atoms. The Morgan fingerprint density at radius 3 is 2.62 bits per heavy atom. The number of anilines is 1. The SMILES string of the molecule is O=C(C[C@@H]1OC[C@H]2CN(c3ncccn3)CC[C@H]21)NCc1cccs1.O=C(O)C(F)(F)F. The number of carboxylic acids is 1. The summed E-state index contributed by atoms with van der Waals surface area (Å²) < 4.78 is 37.7. The smallest absolute Gasteiger partial charge is 0.475 e. The van der Waals surface area contributed by atoms with Gasteiger partial charge in [-0.05, 0) is 29.9 Å². The van der Waals surface area contributed by atoms with E-state index in [1.165, 1.54) is 4.88 Å². The highest BCUT2D eigenvalue weighted by molar-refractivity contribution is 7.09. The van der Waals surface area contributed by atoms with Crippen LogP contribution in [-0.4, -0.2) is 58.9 Å². The highest BCUT2D eigenvalue weighted by atomic mass is 32.1. The number of halogens is 3. The minimum atomic E-state index is -5.08. The third-order valence-electron chi connectivity index (χ3n) is 5.30. The summed E-state index contributed by atoms with van der Waals surface area (Å²) in [5.74, 6) is -0.987. The van der Waals surface area contributed by atoms with E-state index in [1.54, 1.807) is 23.7 Å². The van der Waals surface area contributed by atoms with Crippen molar-refractivity contribution in [3.05, 3.63) is 40.8 Å². The van der Waals surface area contributed by atoms with Gasteiger partial charge in [-0.25, -0.2) is 14.8 Å². The van der Waals surface area contributed by atoms with Crippen molar-refractivity contribution >= 4 is 29.2 Å². The van der Waals surface area contributed by atoms with Crippen LogP contribution in [0.2, 0.25) is 0 Å². The number of aromatic nitrogens is 2. The number of fused-ring (bicyclic) bond motifs is 1. The van der Waals surface area contributed by atoms with E-state index < -0.39 is 12.1 Å². The maximum atomic E-state index is 12.2. The van der Waals surface area contributed by atoms with Crippen LogP contribution >= 0.6 is 11.3 Å². The lowest BCUT2D eigenvalue weighted by atomic mass is 9.83. The van der Waals surface area contributed by atoms with Gasteiger partial charge in [-0.3, -0.25) is 4.79 Å². The van der Waals surface area contributed by atoms with E-state index in [1.807, 2.05) is 23.6 Å². The second kappa shape index (κ2) is 10.7. The summed E-state index contributed by atoms with van der Waals surface area (Å²) >= 11 is 1.66. The zero-order valence-corrected chi connectivity index (χ0v) is 17.8. The number of aliphatic carboxylic acids is 1. The van der Waals surface area contributed by atoms with Crippen molar-refractivity contribution in [2.24, 2.45) is 11.8 Å².